The highest BCUT2D eigenvalue weighted by Gasteiger charge is 2.00. The van der Waals surface area contributed by atoms with Crippen molar-refractivity contribution in [1.82, 2.24) is 0 Å². The maximum atomic E-state index is 10.5. The summed E-state index contributed by atoms with van der Waals surface area (Å²) in [5, 5.41) is 8.60. The molecule has 0 unspecified atom stereocenters. The molecule has 0 aliphatic heterocycles. The first kappa shape index (κ1) is 13.5. The van der Waals surface area contributed by atoms with Crippen molar-refractivity contribution in [2.75, 3.05) is 6.61 Å². The molecule has 1 aromatic carbocycles. The highest BCUT2D eigenvalue weighted by atomic mass is 16.5. The van der Waals surface area contributed by atoms with Gasteiger partial charge in [-0.3, -0.25) is 0 Å². The number of hydrogen-bond donors (Lipinski definition) is 1. The summed E-state index contributed by atoms with van der Waals surface area (Å²) in [5.74, 6) is -0.445. The lowest BCUT2D eigenvalue weighted by molar-refractivity contribution is -0.131. The number of carboxylic acids is 1. The quantitative estimate of drug-likeness (QED) is 0.770. The van der Waals surface area contributed by atoms with Crippen LogP contribution in [0.4, 0.5) is 0 Å². The van der Waals surface area contributed by atoms with E-state index in [2.05, 4.69) is 13.8 Å². The molecule has 0 bridgehead atoms. The summed E-state index contributed by atoms with van der Waals surface area (Å²) < 4.78 is 5.55. The molecule has 0 amide bonds. The second-order valence-corrected chi connectivity index (χ2v) is 4.28. The van der Waals surface area contributed by atoms with Crippen molar-refractivity contribution in [2.24, 2.45) is 5.92 Å². The Labute approximate surface area is 102 Å². The second-order valence-electron chi connectivity index (χ2n) is 4.28. The number of hydrogen-bond acceptors (Lipinski definition) is 2. The molecule has 0 aliphatic rings. The SMILES string of the molecule is CC(C)COCc1ccccc1C=CC(=O)O. The molecule has 1 rings (SSSR count). The zero-order valence-corrected chi connectivity index (χ0v) is 10.2. The van der Waals surface area contributed by atoms with Crippen LogP contribution >= 0.6 is 0 Å². The number of ether oxygens (including phenoxy) is 1. The average molecular weight is 234 g/mol. The largest absolute Gasteiger partial charge is 0.478 e. The molecule has 0 fully saturated rings. The molecule has 3 nitrogen and oxygen atoms in total. The molecule has 0 heterocycles. The Bertz CT molecular complexity index is 394. The van der Waals surface area contributed by atoms with E-state index >= 15 is 0 Å². The Kier molecular flexibility index (Phi) is 5.43. The van der Waals surface area contributed by atoms with E-state index in [4.69, 9.17) is 9.84 Å². The van der Waals surface area contributed by atoms with E-state index in [1.807, 2.05) is 24.3 Å². The van der Waals surface area contributed by atoms with Crippen LogP contribution < -0.4 is 0 Å². The monoisotopic (exact) mass is 234 g/mol. The molecule has 1 N–H and O–H groups in total. The van der Waals surface area contributed by atoms with Gasteiger partial charge in [0.15, 0.2) is 0 Å². The van der Waals surface area contributed by atoms with Crippen LogP contribution in [0.2, 0.25) is 0 Å². The summed E-state index contributed by atoms with van der Waals surface area (Å²) in [4.78, 5) is 10.5. The van der Waals surface area contributed by atoms with Crippen LogP contribution in [0, 0.1) is 5.92 Å². The molecule has 17 heavy (non-hydrogen) atoms. The van der Waals surface area contributed by atoms with Gasteiger partial charge in [-0.1, -0.05) is 38.1 Å². The normalized spacial score (nSPS) is 11.2. The van der Waals surface area contributed by atoms with Gasteiger partial charge in [0.05, 0.1) is 6.61 Å². The van der Waals surface area contributed by atoms with Gasteiger partial charge in [0.1, 0.15) is 0 Å². The lowest BCUT2D eigenvalue weighted by Crippen LogP contribution is -2.02. The Morgan fingerprint density at radius 3 is 2.76 bits per heavy atom. The zero-order valence-electron chi connectivity index (χ0n) is 10.2. The van der Waals surface area contributed by atoms with Crippen LogP contribution in [0.1, 0.15) is 25.0 Å². The number of carboxylic acid groups (broad SMARTS) is 1. The third kappa shape index (κ3) is 5.31. The smallest absolute Gasteiger partial charge is 0.328 e. The first-order valence-corrected chi connectivity index (χ1v) is 5.66. The van der Waals surface area contributed by atoms with Crippen LogP contribution in [0.5, 0.6) is 0 Å². The summed E-state index contributed by atoms with van der Waals surface area (Å²) in [6, 6.07) is 7.63. The topological polar surface area (TPSA) is 46.5 Å². The van der Waals surface area contributed by atoms with Crippen molar-refractivity contribution in [1.29, 1.82) is 0 Å². The fourth-order valence-corrected chi connectivity index (χ4v) is 1.39. The Balaban J connectivity index is 2.67. The van der Waals surface area contributed by atoms with Gasteiger partial charge in [-0.15, -0.1) is 0 Å². The van der Waals surface area contributed by atoms with Crippen molar-refractivity contribution in [3.05, 3.63) is 41.5 Å². The van der Waals surface area contributed by atoms with Gasteiger partial charge in [0.25, 0.3) is 0 Å². The molecule has 0 radical (unpaired) electrons. The van der Waals surface area contributed by atoms with E-state index in [0.717, 1.165) is 17.2 Å². The minimum atomic E-state index is -0.942. The third-order valence-electron chi connectivity index (χ3n) is 2.17. The summed E-state index contributed by atoms with van der Waals surface area (Å²) in [6.07, 6.45) is 2.73. The third-order valence-corrected chi connectivity index (χ3v) is 2.17. The molecule has 0 atom stereocenters. The van der Waals surface area contributed by atoms with Crippen molar-refractivity contribution in [3.63, 3.8) is 0 Å². The highest BCUT2D eigenvalue weighted by Crippen LogP contribution is 2.12. The number of carbonyl (C=O) groups is 1. The van der Waals surface area contributed by atoms with E-state index in [1.54, 1.807) is 6.08 Å². The molecular formula is C14H18O3. The molecule has 1 aromatic rings. The minimum Gasteiger partial charge on any atom is -0.478 e. The fourth-order valence-electron chi connectivity index (χ4n) is 1.39. The summed E-state index contributed by atoms with van der Waals surface area (Å²) >= 11 is 0. The van der Waals surface area contributed by atoms with E-state index in [0.29, 0.717) is 19.1 Å². The van der Waals surface area contributed by atoms with Crippen LogP contribution in [-0.4, -0.2) is 17.7 Å². The Morgan fingerprint density at radius 2 is 2.12 bits per heavy atom. The van der Waals surface area contributed by atoms with Gasteiger partial charge >= 0.3 is 5.97 Å². The van der Waals surface area contributed by atoms with Crippen LogP contribution in [0.25, 0.3) is 6.08 Å². The van der Waals surface area contributed by atoms with Crippen molar-refractivity contribution in [3.8, 4) is 0 Å². The van der Waals surface area contributed by atoms with Gasteiger partial charge in [-0.25, -0.2) is 4.79 Å². The van der Waals surface area contributed by atoms with Crippen molar-refractivity contribution >= 4 is 12.0 Å². The summed E-state index contributed by atoms with van der Waals surface area (Å²) in [7, 11) is 0. The maximum absolute atomic E-state index is 10.5. The lowest BCUT2D eigenvalue weighted by Gasteiger charge is -2.09. The summed E-state index contributed by atoms with van der Waals surface area (Å²) in [5.41, 5.74) is 1.89. The predicted octanol–water partition coefficient (Wildman–Crippen LogP) is 2.96. The number of aliphatic carboxylic acids is 1. The van der Waals surface area contributed by atoms with Crippen molar-refractivity contribution < 1.29 is 14.6 Å². The first-order chi connectivity index (χ1) is 8.09. The van der Waals surface area contributed by atoms with Crippen LogP contribution in [0.3, 0.4) is 0 Å². The first-order valence-electron chi connectivity index (χ1n) is 5.66. The summed E-state index contributed by atoms with van der Waals surface area (Å²) in [6.45, 7) is 5.40. The zero-order chi connectivity index (χ0) is 12.7. The molecule has 0 spiro atoms. The van der Waals surface area contributed by atoms with Gasteiger partial charge < -0.3 is 9.84 Å². The van der Waals surface area contributed by atoms with Gasteiger partial charge in [0, 0.05) is 12.7 Å². The highest BCUT2D eigenvalue weighted by molar-refractivity contribution is 5.85. The molecule has 3 heteroatoms. The van der Waals surface area contributed by atoms with E-state index < -0.39 is 5.97 Å². The predicted molar refractivity (Wildman–Crippen MR) is 67.6 cm³/mol. The molecule has 0 aromatic heterocycles. The molecule has 92 valence electrons. The van der Waals surface area contributed by atoms with E-state index in [-0.39, 0.29) is 0 Å². The standard InChI is InChI=1S/C14H18O3/c1-11(2)9-17-10-13-6-4-3-5-12(13)7-8-14(15)16/h3-8,11H,9-10H2,1-2H3,(H,15,16). The van der Waals surface area contributed by atoms with Gasteiger partial charge in [-0.05, 0) is 23.1 Å². The van der Waals surface area contributed by atoms with Gasteiger partial charge in [-0.2, -0.15) is 0 Å². The number of benzene rings is 1. The Hall–Kier alpha value is -1.61. The number of rotatable bonds is 6. The van der Waals surface area contributed by atoms with Crippen LogP contribution in [-0.2, 0) is 16.1 Å². The second kappa shape index (κ2) is 6.86. The molecule has 0 saturated heterocycles. The average Bonchev–Trinajstić information content (AvgIpc) is 2.27. The Morgan fingerprint density at radius 1 is 1.41 bits per heavy atom. The molecule has 0 aliphatic carbocycles. The molecular weight excluding hydrogens is 216 g/mol. The molecule has 0 saturated carbocycles. The van der Waals surface area contributed by atoms with Crippen molar-refractivity contribution in [2.45, 2.75) is 20.5 Å². The van der Waals surface area contributed by atoms with Gasteiger partial charge in [0.2, 0.25) is 0 Å². The van der Waals surface area contributed by atoms with E-state index in [9.17, 15) is 4.79 Å². The van der Waals surface area contributed by atoms with E-state index in [1.165, 1.54) is 0 Å². The minimum absolute atomic E-state index is 0.497. The maximum Gasteiger partial charge on any atom is 0.328 e. The fraction of sp³-hybridized carbons (Fsp3) is 0.357. The lowest BCUT2D eigenvalue weighted by atomic mass is 10.1. The van der Waals surface area contributed by atoms with Crippen LogP contribution in [0.15, 0.2) is 30.3 Å².